The number of H-pyrrole nitrogens is 1. The number of anilines is 1. The monoisotopic (exact) mass is 367 g/mol. The summed E-state index contributed by atoms with van der Waals surface area (Å²) in [6, 6.07) is 11.5. The maximum atomic E-state index is 13.3. The Hall–Kier alpha value is -3.55. The van der Waals surface area contributed by atoms with Crippen LogP contribution in [-0.4, -0.2) is 25.4 Å². The van der Waals surface area contributed by atoms with Gasteiger partial charge in [0.2, 0.25) is 0 Å². The maximum Gasteiger partial charge on any atom is 0.292 e. The molecule has 0 unspecified atom stereocenters. The number of carbonyl (C=O) groups is 1. The zero-order valence-electron chi connectivity index (χ0n) is 14.3. The van der Waals surface area contributed by atoms with Crippen LogP contribution in [0.5, 0.6) is 0 Å². The molecule has 27 heavy (non-hydrogen) atoms. The van der Waals surface area contributed by atoms with Gasteiger partial charge in [0.25, 0.3) is 12.3 Å². The van der Waals surface area contributed by atoms with Crippen LogP contribution in [0.15, 0.2) is 54.9 Å². The van der Waals surface area contributed by atoms with Gasteiger partial charge in [-0.05, 0) is 18.2 Å². The highest BCUT2D eigenvalue weighted by Gasteiger charge is 2.16. The number of hydrogen-bond acceptors (Lipinski definition) is 3. The summed E-state index contributed by atoms with van der Waals surface area (Å²) in [6.45, 7) is 0. The standard InChI is InChI=1S/C19H15F2N5O/c1-26-9-8-22-18(26)19(27)25-15-7-6-11-10-14(23-17(11)24-15)12-4-2-3-5-13(12)16(20)21/h2-10,16H,1H3,(H2,23,24,25,27). The SMILES string of the molecule is Cn1ccnc1C(=O)Nc1ccc2cc(-c3ccccc3C(F)F)[nH]c2n1. The fourth-order valence-corrected chi connectivity index (χ4v) is 2.91. The Bertz CT molecular complexity index is 1130. The van der Waals surface area contributed by atoms with E-state index in [1.807, 2.05) is 0 Å². The van der Waals surface area contributed by atoms with E-state index in [0.717, 1.165) is 5.39 Å². The molecule has 1 amide bonds. The number of aromatic amines is 1. The lowest BCUT2D eigenvalue weighted by molar-refractivity contribution is 0.101. The number of alkyl halides is 2. The zero-order chi connectivity index (χ0) is 19.0. The second-order valence-electron chi connectivity index (χ2n) is 6.02. The molecule has 0 fully saturated rings. The van der Waals surface area contributed by atoms with Crippen LogP contribution in [0.2, 0.25) is 0 Å². The summed E-state index contributed by atoms with van der Waals surface area (Å²) in [7, 11) is 1.72. The summed E-state index contributed by atoms with van der Waals surface area (Å²) in [5.74, 6) is 0.213. The first kappa shape index (κ1) is 16.9. The fourth-order valence-electron chi connectivity index (χ4n) is 2.91. The van der Waals surface area contributed by atoms with Gasteiger partial charge in [0, 0.05) is 41.6 Å². The summed E-state index contributed by atoms with van der Waals surface area (Å²) >= 11 is 0. The Morgan fingerprint density at radius 2 is 2.04 bits per heavy atom. The van der Waals surface area contributed by atoms with Crippen molar-refractivity contribution in [3.8, 4) is 11.3 Å². The van der Waals surface area contributed by atoms with Gasteiger partial charge in [-0.1, -0.05) is 24.3 Å². The summed E-state index contributed by atoms with van der Waals surface area (Å²) < 4.78 is 28.1. The van der Waals surface area contributed by atoms with E-state index in [1.165, 1.54) is 12.3 Å². The molecule has 3 aromatic heterocycles. The van der Waals surface area contributed by atoms with Crippen LogP contribution in [0.3, 0.4) is 0 Å². The van der Waals surface area contributed by atoms with Gasteiger partial charge in [0.1, 0.15) is 11.5 Å². The number of hydrogen-bond donors (Lipinski definition) is 2. The van der Waals surface area contributed by atoms with Crippen LogP contribution in [0, 0.1) is 0 Å². The number of nitrogens with zero attached hydrogens (tertiary/aromatic N) is 3. The van der Waals surface area contributed by atoms with Gasteiger partial charge in [-0.3, -0.25) is 4.79 Å². The molecule has 0 radical (unpaired) electrons. The number of aryl methyl sites for hydroxylation is 1. The molecule has 0 aliphatic rings. The number of pyridine rings is 1. The van der Waals surface area contributed by atoms with Crippen molar-refractivity contribution in [3.63, 3.8) is 0 Å². The highest BCUT2D eigenvalue weighted by Crippen LogP contribution is 2.32. The van der Waals surface area contributed by atoms with Crippen molar-refractivity contribution in [2.75, 3.05) is 5.32 Å². The summed E-state index contributed by atoms with van der Waals surface area (Å²) in [5.41, 5.74) is 1.41. The molecule has 4 aromatic rings. The number of benzene rings is 1. The normalized spacial score (nSPS) is 11.3. The van der Waals surface area contributed by atoms with E-state index in [0.29, 0.717) is 22.7 Å². The van der Waals surface area contributed by atoms with Crippen molar-refractivity contribution in [1.29, 1.82) is 0 Å². The molecule has 6 nitrogen and oxygen atoms in total. The van der Waals surface area contributed by atoms with Crippen LogP contribution in [0.1, 0.15) is 22.6 Å². The number of rotatable bonds is 4. The van der Waals surface area contributed by atoms with Gasteiger partial charge in [-0.2, -0.15) is 0 Å². The lowest BCUT2D eigenvalue weighted by Crippen LogP contribution is -2.17. The third-order valence-corrected chi connectivity index (χ3v) is 4.23. The van der Waals surface area contributed by atoms with Gasteiger partial charge in [-0.25, -0.2) is 18.7 Å². The third-order valence-electron chi connectivity index (χ3n) is 4.23. The molecule has 136 valence electrons. The van der Waals surface area contributed by atoms with E-state index in [9.17, 15) is 13.6 Å². The molecule has 2 N–H and O–H groups in total. The second kappa shape index (κ2) is 6.64. The second-order valence-corrected chi connectivity index (χ2v) is 6.02. The van der Waals surface area contributed by atoms with Crippen LogP contribution >= 0.6 is 0 Å². The molecular weight excluding hydrogens is 352 g/mol. The lowest BCUT2D eigenvalue weighted by Gasteiger charge is -2.06. The number of fused-ring (bicyclic) bond motifs is 1. The first-order valence-electron chi connectivity index (χ1n) is 8.19. The molecule has 3 heterocycles. The van der Waals surface area contributed by atoms with E-state index in [1.54, 1.807) is 54.2 Å². The Labute approximate surface area is 152 Å². The average Bonchev–Trinajstić information content (AvgIpc) is 3.27. The zero-order valence-corrected chi connectivity index (χ0v) is 14.3. The van der Waals surface area contributed by atoms with Crippen LogP contribution in [0.25, 0.3) is 22.3 Å². The van der Waals surface area contributed by atoms with E-state index in [4.69, 9.17) is 0 Å². The molecule has 0 bridgehead atoms. The molecule has 0 atom stereocenters. The van der Waals surface area contributed by atoms with Crippen molar-refractivity contribution in [2.45, 2.75) is 6.43 Å². The number of amides is 1. The van der Waals surface area contributed by atoms with Crippen molar-refractivity contribution in [2.24, 2.45) is 7.05 Å². The smallest absolute Gasteiger partial charge is 0.292 e. The molecule has 0 saturated carbocycles. The number of aromatic nitrogens is 4. The lowest BCUT2D eigenvalue weighted by atomic mass is 10.1. The predicted molar refractivity (Wildman–Crippen MR) is 97.6 cm³/mol. The molecule has 0 aliphatic heterocycles. The highest BCUT2D eigenvalue weighted by molar-refractivity contribution is 6.01. The van der Waals surface area contributed by atoms with Gasteiger partial charge in [-0.15, -0.1) is 0 Å². The predicted octanol–water partition coefficient (Wildman–Crippen LogP) is 4.15. The summed E-state index contributed by atoms with van der Waals surface area (Å²) in [4.78, 5) is 23.7. The van der Waals surface area contributed by atoms with Gasteiger partial charge < -0.3 is 14.9 Å². The Morgan fingerprint density at radius 3 is 2.78 bits per heavy atom. The Balaban J connectivity index is 1.67. The fraction of sp³-hybridized carbons (Fsp3) is 0.105. The molecule has 1 aromatic carbocycles. The van der Waals surface area contributed by atoms with Crippen molar-refractivity contribution >= 4 is 22.8 Å². The van der Waals surface area contributed by atoms with Gasteiger partial charge >= 0.3 is 0 Å². The van der Waals surface area contributed by atoms with E-state index < -0.39 is 6.43 Å². The molecular formula is C19H15F2N5O. The number of halogens is 2. The molecule has 0 aliphatic carbocycles. The van der Waals surface area contributed by atoms with E-state index >= 15 is 0 Å². The molecule has 4 rings (SSSR count). The van der Waals surface area contributed by atoms with Crippen molar-refractivity contribution in [1.82, 2.24) is 19.5 Å². The van der Waals surface area contributed by atoms with E-state index in [-0.39, 0.29) is 17.3 Å². The largest absolute Gasteiger partial charge is 0.339 e. The van der Waals surface area contributed by atoms with Gasteiger partial charge in [0.15, 0.2) is 5.82 Å². The van der Waals surface area contributed by atoms with Crippen LogP contribution in [-0.2, 0) is 7.05 Å². The Morgan fingerprint density at radius 1 is 1.22 bits per heavy atom. The van der Waals surface area contributed by atoms with Crippen molar-refractivity contribution < 1.29 is 13.6 Å². The highest BCUT2D eigenvalue weighted by atomic mass is 19.3. The Kier molecular flexibility index (Phi) is 4.15. The maximum absolute atomic E-state index is 13.3. The van der Waals surface area contributed by atoms with Crippen LogP contribution in [0.4, 0.5) is 14.6 Å². The average molecular weight is 367 g/mol. The first-order chi connectivity index (χ1) is 13.0. The third kappa shape index (κ3) is 3.17. The van der Waals surface area contributed by atoms with E-state index in [2.05, 4.69) is 20.3 Å². The van der Waals surface area contributed by atoms with Crippen LogP contribution < -0.4 is 5.32 Å². The quantitative estimate of drug-likeness (QED) is 0.569. The minimum Gasteiger partial charge on any atom is -0.339 e. The first-order valence-corrected chi connectivity index (χ1v) is 8.19. The van der Waals surface area contributed by atoms with Gasteiger partial charge in [0.05, 0.1) is 0 Å². The molecule has 8 heteroatoms. The number of nitrogens with one attached hydrogen (secondary N) is 2. The summed E-state index contributed by atoms with van der Waals surface area (Å²) in [6.07, 6.45) is 0.625. The minimum atomic E-state index is -2.58. The molecule has 0 saturated heterocycles. The number of carbonyl (C=O) groups excluding carboxylic acids is 1. The molecule has 0 spiro atoms. The van der Waals surface area contributed by atoms with Crippen molar-refractivity contribution in [3.05, 3.63) is 66.2 Å². The minimum absolute atomic E-state index is 0.0487. The topological polar surface area (TPSA) is 75.6 Å². The number of imidazole rings is 1. The summed E-state index contributed by atoms with van der Waals surface area (Å²) in [5, 5.41) is 3.44.